The fourth-order valence-electron chi connectivity index (χ4n) is 1.35. The fourth-order valence-corrected chi connectivity index (χ4v) is 1.35. The van der Waals surface area contributed by atoms with Crippen molar-refractivity contribution in [1.82, 2.24) is 4.90 Å². The topological polar surface area (TPSA) is 145 Å². The van der Waals surface area contributed by atoms with E-state index in [-0.39, 0.29) is 37.8 Å². The number of carboxylic acids is 1. The molecule has 1 aliphatic heterocycles. The van der Waals surface area contributed by atoms with E-state index >= 15 is 0 Å². The first kappa shape index (κ1) is 14.9. The Hall–Kier alpha value is -2.13. The minimum Gasteiger partial charge on any atom is -0.480 e. The van der Waals surface area contributed by atoms with Gasteiger partial charge in [-0.3, -0.25) is 14.5 Å². The van der Waals surface area contributed by atoms with Crippen LogP contribution in [-0.2, 0) is 23.9 Å². The molecule has 1 aliphatic rings. The van der Waals surface area contributed by atoms with Crippen LogP contribution >= 0.6 is 0 Å². The lowest BCUT2D eigenvalue weighted by Gasteiger charge is -2.14. The Bertz CT molecular complexity index is 395. The smallest absolute Gasteiger partial charge is 0.329 e. The van der Waals surface area contributed by atoms with E-state index in [2.05, 4.69) is 0 Å². The first-order valence-electron chi connectivity index (χ1n) is 5.44. The minimum atomic E-state index is -1.06. The predicted molar refractivity (Wildman–Crippen MR) is 61.4 cm³/mol. The molecule has 0 bridgehead atoms. The second-order valence-electron chi connectivity index (χ2n) is 3.65. The molecule has 0 spiro atoms. The summed E-state index contributed by atoms with van der Waals surface area (Å²) in [7, 11) is 0. The maximum atomic E-state index is 11.5. The highest BCUT2D eigenvalue weighted by atomic mass is 16.5. The number of hydrogen-bond donors (Lipinski definition) is 3. The standard InChI is InChI=1S/C10H15N3O6/c11-7-8(12)10(17)13(9(7)16)1-2-18-3-4-19-5-6(14)15/h1-5,11-12H2,(H,14,15). The van der Waals surface area contributed by atoms with Gasteiger partial charge in [0.15, 0.2) is 0 Å². The van der Waals surface area contributed by atoms with Crippen molar-refractivity contribution in [2.45, 2.75) is 0 Å². The number of aliphatic carboxylic acids is 1. The Kier molecular flexibility index (Phi) is 5.27. The fraction of sp³-hybridized carbons (Fsp3) is 0.500. The second-order valence-corrected chi connectivity index (χ2v) is 3.65. The maximum absolute atomic E-state index is 11.5. The van der Waals surface area contributed by atoms with E-state index in [9.17, 15) is 14.4 Å². The van der Waals surface area contributed by atoms with Crippen LogP contribution in [0.25, 0.3) is 0 Å². The average Bonchev–Trinajstić information content (AvgIpc) is 2.54. The molecule has 0 saturated heterocycles. The monoisotopic (exact) mass is 273 g/mol. The van der Waals surface area contributed by atoms with Gasteiger partial charge in [-0.2, -0.15) is 0 Å². The molecule has 5 N–H and O–H groups in total. The SMILES string of the molecule is NC1=C(N)C(=O)N(CCOCCOCC(=O)O)C1=O. The van der Waals surface area contributed by atoms with E-state index in [1.54, 1.807) is 0 Å². The number of imide groups is 1. The molecule has 1 heterocycles. The van der Waals surface area contributed by atoms with E-state index in [4.69, 9.17) is 26.0 Å². The van der Waals surface area contributed by atoms with Gasteiger partial charge < -0.3 is 26.0 Å². The molecular formula is C10H15N3O6. The number of hydrogen-bond acceptors (Lipinski definition) is 7. The molecule has 9 heteroatoms. The van der Waals surface area contributed by atoms with Gasteiger partial charge in [0.2, 0.25) is 0 Å². The number of nitrogens with two attached hydrogens (primary N) is 2. The summed E-state index contributed by atoms with van der Waals surface area (Å²) in [6.07, 6.45) is 0. The van der Waals surface area contributed by atoms with Gasteiger partial charge in [0.1, 0.15) is 18.0 Å². The van der Waals surface area contributed by atoms with E-state index in [1.807, 2.05) is 0 Å². The molecule has 0 fully saturated rings. The summed E-state index contributed by atoms with van der Waals surface area (Å²) in [5, 5.41) is 8.29. The molecule has 9 nitrogen and oxygen atoms in total. The van der Waals surface area contributed by atoms with E-state index in [0.717, 1.165) is 4.90 Å². The van der Waals surface area contributed by atoms with Gasteiger partial charge in [-0.05, 0) is 0 Å². The van der Waals surface area contributed by atoms with Gasteiger partial charge >= 0.3 is 5.97 Å². The van der Waals surface area contributed by atoms with Crippen LogP contribution in [0, 0.1) is 0 Å². The van der Waals surface area contributed by atoms with E-state index in [0.29, 0.717) is 0 Å². The van der Waals surface area contributed by atoms with Crippen LogP contribution < -0.4 is 11.5 Å². The number of ether oxygens (including phenoxy) is 2. The Balaban J connectivity index is 2.16. The third kappa shape index (κ3) is 3.93. The zero-order valence-corrected chi connectivity index (χ0v) is 10.1. The number of amides is 2. The lowest BCUT2D eigenvalue weighted by atomic mass is 10.4. The van der Waals surface area contributed by atoms with Crippen molar-refractivity contribution >= 4 is 17.8 Å². The van der Waals surface area contributed by atoms with Gasteiger partial charge in [0.25, 0.3) is 11.8 Å². The van der Waals surface area contributed by atoms with Crippen LogP contribution in [0.5, 0.6) is 0 Å². The van der Waals surface area contributed by atoms with Gasteiger partial charge in [-0.15, -0.1) is 0 Å². The summed E-state index contributed by atoms with van der Waals surface area (Å²) in [4.78, 5) is 33.9. The van der Waals surface area contributed by atoms with Gasteiger partial charge in [0, 0.05) is 0 Å². The molecule has 0 aromatic rings. The van der Waals surface area contributed by atoms with Crippen molar-refractivity contribution in [3.05, 3.63) is 11.4 Å². The zero-order chi connectivity index (χ0) is 14.4. The summed E-state index contributed by atoms with van der Waals surface area (Å²) in [5.74, 6) is -2.33. The highest BCUT2D eigenvalue weighted by molar-refractivity contribution is 6.18. The van der Waals surface area contributed by atoms with E-state index < -0.39 is 24.4 Å². The van der Waals surface area contributed by atoms with Crippen molar-refractivity contribution in [3.63, 3.8) is 0 Å². The molecule has 106 valence electrons. The van der Waals surface area contributed by atoms with E-state index in [1.165, 1.54) is 0 Å². The normalized spacial score (nSPS) is 15.5. The average molecular weight is 273 g/mol. The first-order chi connectivity index (χ1) is 8.95. The summed E-state index contributed by atoms with van der Waals surface area (Å²) < 4.78 is 9.80. The Morgan fingerprint density at radius 2 is 1.58 bits per heavy atom. The Labute approximate surface area is 108 Å². The predicted octanol–water partition coefficient (Wildman–Crippen LogP) is -2.40. The number of nitrogens with zero attached hydrogens (tertiary/aromatic N) is 1. The summed E-state index contributed by atoms with van der Waals surface area (Å²) in [5.41, 5.74) is 10.1. The van der Waals surface area contributed by atoms with Crippen LogP contribution in [-0.4, -0.2) is 60.8 Å². The van der Waals surface area contributed by atoms with Crippen LogP contribution in [0.4, 0.5) is 0 Å². The molecule has 19 heavy (non-hydrogen) atoms. The molecule has 0 unspecified atom stereocenters. The van der Waals surface area contributed by atoms with Crippen LogP contribution in [0.15, 0.2) is 11.4 Å². The number of carbonyl (C=O) groups excluding carboxylic acids is 2. The van der Waals surface area contributed by atoms with Crippen molar-refractivity contribution in [2.75, 3.05) is 33.0 Å². The van der Waals surface area contributed by atoms with Crippen LogP contribution in [0.3, 0.4) is 0 Å². The quantitative estimate of drug-likeness (QED) is 0.328. The van der Waals surface area contributed by atoms with Crippen molar-refractivity contribution < 1.29 is 29.0 Å². The Morgan fingerprint density at radius 3 is 2.11 bits per heavy atom. The molecule has 2 amide bonds. The summed E-state index contributed by atoms with van der Waals surface area (Å²) in [6, 6.07) is 0. The molecule has 0 aromatic heterocycles. The Morgan fingerprint density at radius 1 is 1.05 bits per heavy atom. The molecule has 0 aliphatic carbocycles. The number of rotatable bonds is 8. The third-order valence-electron chi connectivity index (χ3n) is 2.30. The second kappa shape index (κ2) is 6.71. The molecular weight excluding hydrogens is 258 g/mol. The highest BCUT2D eigenvalue weighted by Crippen LogP contribution is 2.11. The first-order valence-corrected chi connectivity index (χ1v) is 5.44. The van der Waals surface area contributed by atoms with Gasteiger partial charge in [-0.25, -0.2) is 4.79 Å². The van der Waals surface area contributed by atoms with Crippen molar-refractivity contribution in [1.29, 1.82) is 0 Å². The largest absolute Gasteiger partial charge is 0.480 e. The highest BCUT2D eigenvalue weighted by Gasteiger charge is 2.34. The van der Waals surface area contributed by atoms with Gasteiger partial charge in [-0.1, -0.05) is 0 Å². The van der Waals surface area contributed by atoms with Gasteiger partial charge in [0.05, 0.1) is 26.4 Å². The molecule has 0 saturated carbocycles. The lowest BCUT2D eigenvalue weighted by molar-refractivity contribution is -0.143. The summed E-state index contributed by atoms with van der Waals surface area (Å²) in [6.45, 7) is -0.0193. The number of carbonyl (C=O) groups is 3. The number of carboxylic acid groups (broad SMARTS) is 1. The molecule has 0 radical (unpaired) electrons. The van der Waals surface area contributed by atoms with Crippen molar-refractivity contribution in [2.24, 2.45) is 11.5 Å². The molecule has 0 aromatic carbocycles. The summed E-state index contributed by atoms with van der Waals surface area (Å²) >= 11 is 0. The molecule has 1 rings (SSSR count). The minimum absolute atomic E-state index is 0.0258. The van der Waals surface area contributed by atoms with Crippen LogP contribution in [0.1, 0.15) is 0 Å². The maximum Gasteiger partial charge on any atom is 0.329 e. The van der Waals surface area contributed by atoms with Crippen molar-refractivity contribution in [3.8, 4) is 0 Å². The van der Waals surface area contributed by atoms with Crippen LogP contribution in [0.2, 0.25) is 0 Å². The zero-order valence-electron chi connectivity index (χ0n) is 10.1. The third-order valence-corrected chi connectivity index (χ3v) is 2.30. The molecule has 0 atom stereocenters. The lowest BCUT2D eigenvalue weighted by Crippen LogP contribution is -2.36.